The number of aromatic nitrogens is 3. The molecule has 20 heavy (non-hydrogen) atoms. The number of hydrogen-bond donors (Lipinski definition) is 1. The first kappa shape index (κ1) is 13.1. The van der Waals surface area contributed by atoms with Crippen molar-refractivity contribution in [3.63, 3.8) is 0 Å². The van der Waals surface area contributed by atoms with E-state index < -0.39 is 0 Å². The molecule has 3 rings (SSSR count). The molecule has 0 amide bonds. The van der Waals surface area contributed by atoms with Crippen molar-refractivity contribution >= 4 is 27.1 Å². The lowest BCUT2D eigenvalue weighted by Crippen LogP contribution is -1.93. The molecule has 0 aliphatic carbocycles. The van der Waals surface area contributed by atoms with Crippen LogP contribution in [0.3, 0.4) is 0 Å². The first-order chi connectivity index (χ1) is 9.74. The van der Waals surface area contributed by atoms with Gasteiger partial charge in [0, 0.05) is 17.0 Å². The Labute approximate surface area is 125 Å². The van der Waals surface area contributed by atoms with E-state index in [2.05, 4.69) is 43.0 Å². The summed E-state index contributed by atoms with van der Waals surface area (Å²) in [6.07, 6.45) is 0.758. The zero-order chi connectivity index (χ0) is 13.9. The lowest BCUT2D eigenvalue weighted by molar-refractivity contribution is 0.328. The molecule has 0 fully saturated rings. The van der Waals surface area contributed by atoms with E-state index in [1.165, 1.54) is 5.56 Å². The number of ether oxygens (including phenoxy) is 1. The van der Waals surface area contributed by atoms with Crippen LogP contribution in [0.4, 0.5) is 0 Å². The van der Waals surface area contributed by atoms with Gasteiger partial charge in [0.1, 0.15) is 5.82 Å². The number of imidazole rings is 1. The van der Waals surface area contributed by atoms with Gasteiger partial charge in [0.2, 0.25) is 5.88 Å². The molecule has 102 valence electrons. The maximum Gasteiger partial charge on any atom is 0.215 e. The van der Waals surface area contributed by atoms with Crippen molar-refractivity contribution in [1.82, 2.24) is 15.0 Å². The number of rotatable bonds is 4. The van der Waals surface area contributed by atoms with Crippen LogP contribution in [0, 0.1) is 0 Å². The fraction of sp³-hybridized carbons (Fsp3) is 0.200. The highest BCUT2D eigenvalue weighted by Crippen LogP contribution is 2.17. The summed E-state index contributed by atoms with van der Waals surface area (Å²) in [6.45, 7) is 2.55. The van der Waals surface area contributed by atoms with Crippen LogP contribution >= 0.6 is 15.9 Å². The number of nitrogens with one attached hydrogen (secondary N) is 1. The molecule has 0 atom stereocenters. The van der Waals surface area contributed by atoms with Gasteiger partial charge in [-0.15, -0.1) is 0 Å². The highest BCUT2D eigenvalue weighted by atomic mass is 79.9. The van der Waals surface area contributed by atoms with Crippen molar-refractivity contribution in [1.29, 1.82) is 0 Å². The van der Waals surface area contributed by atoms with Crippen LogP contribution in [0.1, 0.15) is 18.3 Å². The van der Waals surface area contributed by atoms with E-state index in [1.807, 2.05) is 31.2 Å². The zero-order valence-corrected chi connectivity index (χ0v) is 12.6. The molecule has 0 unspecified atom stereocenters. The second-order valence-electron chi connectivity index (χ2n) is 4.44. The van der Waals surface area contributed by atoms with Gasteiger partial charge in [-0.05, 0) is 30.7 Å². The minimum atomic E-state index is 0.606. The Morgan fingerprint density at radius 3 is 2.65 bits per heavy atom. The maximum absolute atomic E-state index is 5.38. The number of hydrogen-bond acceptors (Lipinski definition) is 3. The second-order valence-corrected chi connectivity index (χ2v) is 5.36. The summed E-state index contributed by atoms with van der Waals surface area (Å²) in [7, 11) is 0. The molecule has 2 heterocycles. The highest BCUT2D eigenvalue weighted by Gasteiger charge is 2.06. The summed E-state index contributed by atoms with van der Waals surface area (Å²) in [5.74, 6) is 1.52. The fourth-order valence-electron chi connectivity index (χ4n) is 2.03. The van der Waals surface area contributed by atoms with Crippen LogP contribution in [0.5, 0.6) is 5.88 Å². The lowest BCUT2D eigenvalue weighted by Gasteiger charge is -1.99. The van der Waals surface area contributed by atoms with E-state index in [9.17, 15) is 0 Å². The average Bonchev–Trinajstić information content (AvgIpc) is 2.83. The largest absolute Gasteiger partial charge is 0.478 e. The molecule has 0 aliphatic heterocycles. The molecule has 4 nitrogen and oxygen atoms in total. The third-order valence-electron chi connectivity index (χ3n) is 2.95. The van der Waals surface area contributed by atoms with Crippen LogP contribution in [-0.4, -0.2) is 21.6 Å². The number of nitrogens with zero attached hydrogens (tertiary/aromatic N) is 2. The summed E-state index contributed by atoms with van der Waals surface area (Å²) in [6, 6.07) is 12.0. The summed E-state index contributed by atoms with van der Waals surface area (Å²) in [5.41, 5.74) is 2.83. The van der Waals surface area contributed by atoms with Crippen LogP contribution < -0.4 is 4.74 Å². The number of H-pyrrole nitrogens is 1. The van der Waals surface area contributed by atoms with Gasteiger partial charge in [-0.3, -0.25) is 0 Å². The van der Waals surface area contributed by atoms with Crippen molar-refractivity contribution in [2.45, 2.75) is 13.3 Å². The molecule has 1 aromatic carbocycles. The van der Waals surface area contributed by atoms with Crippen LogP contribution in [-0.2, 0) is 6.42 Å². The fourth-order valence-corrected chi connectivity index (χ4v) is 2.30. The summed E-state index contributed by atoms with van der Waals surface area (Å²) in [5, 5.41) is 0. The van der Waals surface area contributed by atoms with Gasteiger partial charge in [0.25, 0.3) is 0 Å². The SMILES string of the molecule is CCOc1ccc2[nH]c(Cc3ccc(Br)cc3)nc2n1. The highest BCUT2D eigenvalue weighted by molar-refractivity contribution is 9.10. The van der Waals surface area contributed by atoms with Crippen LogP contribution in [0.25, 0.3) is 11.2 Å². The Morgan fingerprint density at radius 1 is 1.10 bits per heavy atom. The third kappa shape index (κ3) is 2.82. The Hall–Kier alpha value is -1.88. The predicted molar refractivity (Wildman–Crippen MR) is 82.0 cm³/mol. The monoisotopic (exact) mass is 331 g/mol. The van der Waals surface area contributed by atoms with Crippen LogP contribution in [0.2, 0.25) is 0 Å². The van der Waals surface area contributed by atoms with Gasteiger partial charge in [-0.25, -0.2) is 4.98 Å². The topological polar surface area (TPSA) is 50.8 Å². The minimum absolute atomic E-state index is 0.606. The van der Waals surface area contributed by atoms with Gasteiger partial charge in [-0.2, -0.15) is 4.98 Å². The van der Waals surface area contributed by atoms with Crippen molar-refractivity contribution in [3.8, 4) is 5.88 Å². The third-order valence-corrected chi connectivity index (χ3v) is 3.48. The van der Waals surface area contributed by atoms with Crippen molar-refractivity contribution in [3.05, 3.63) is 52.3 Å². The molecule has 0 spiro atoms. The van der Waals surface area contributed by atoms with E-state index in [0.717, 1.165) is 22.2 Å². The van der Waals surface area contributed by atoms with Gasteiger partial charge < -0.3 is 9.72 Å². The molecular formula is C15H14BrN3O. The maximum atomic E-state index is 5.38. The molecule has 0 aliphatic rings. The van der Waals surface area contributed by atoms with Gasteiger partial charge in [-0.1, -0.05) is 28.1 Å². The number of halogens is 1. The van der Waals surface area contributed by atoms with Crippen molar-refractivity contribution in [2.24, 2.45) is 0 Å². The molecule has 1 N–H and O–H groups in total. The lowest BCUT2D eigenvalue weighted by atomic mass is 10.1. The van der Waals surface area contributed by atoms with E-state index in [1.54, 1.807) is 0 Å². The molecule has 0 saturated carbocycles. The van der Waals surface area contributed by atoms with E-state index in [-0.39, 0.29) is 0 Å². The minimum Gasteiger partial charge on any atom is -0.478 e. The Morgan fingerprint density at radius 2 is 1.90 bits per heavy atom. The van der Waals surface area contributed by atoms with Gasteiger partial charge in [0.05, 0.1) is 12.1 Å². The van der Waals surface area contributed by atoms with Gasteiger partial charge in [0.15, 0.2) is 5.65 Å². The first-order valence-corrected chi connectivity index (χ1v) is 7.27. The van der Waals surface area contributed by atoms with E-state index in [0.29, 0.717) is 18.1 Å². The molecule has 2 aromatic heterocycles. The predicted octanol–water partition coefficient (Wildman–Crippen LogP) is 3.71. The van der Waals surface area contributed by atoms with E-state index >= 15 is 0 Å². The standard InChI is InChI=1S/C15H14BrN3O/c1-2-20-14-8-7-12-15(19-14)18-13(17-12)9-10-3-5-11(16)6-4-10/h3-8H,2,9H2,1H3,(H,17,18,19). The quantitative estimate of drug-likeness (QED) is 0.792. The zero-order valence-electron chi connectivity index (χ0n) is 11.1. The molecule has 0 radical (unpaired) electrons. The molecule has 3 aromatic rings. The van der Waals surface area contributed by atoms with Crippen molar-refractivity contribution < 1.29 is 4.74 Å². The van der Waals surface area contributed by atoms with Crippen LogP contribution in [0.15, 0.2) is 40.9 Å². The Balaban J connectivity index is 1.86. The molecule has 5 heteroatoms. The first-order valence-electron chi connectivity index (χ1n) is 6.47. The molecule has 0 bridgehead atoms. The molecule has 0 saturated heterocycles. The summed E-state index contributed by atoms with van der Waals surface area (Å²) >= 11 is 3.43. The number of pyridine rings is 1. The second kappa shape index (κ2) is 5.63. The average molecular weight is 332 g/mol. The van der Waals surface area contributed by atoms with Crippen molar-refractivity contribution in [2.75, 3.05) is 6.61 Å². The number of aromatic amines is 1. The Bertz CT molecular complexity index is 722. The smallest absolute Gasteiger partial charge is 0.215 e. The number of benzene rings is 1. The number of fused-ring (bicyclic) bond motifs is 1. The Kier molecular flexibility index (Phi) is 3.69. The molecular weight excluding hydrogens is 318 g/mol. The summed E-state index contributed by atoms with van der Waals surface area (Å²) < 4.78 is 6.46. The summed E-state index contributed by atoms with van der Waals surface area (Å²) in [4.78, 5) is 12.2. The van der Waals surface area contributed by atoms with E-state index in [4.69, 9.17) is 4.74 Å². The normalized spacial score (nSPS) is 10.9. The van der Waals surface area contributed by atoms with Gasteiger partial charge >= 0.3 is 0 Å².